The smallest absolute Gasteiger partial charge is 0.326 e. The van der Waals surface area contributed by atoms with Gasteiger partial charge in [-0.3, -0.25) is 19.2 Å². The highest BCUT2D eigenvalue weighted by molar-refractivity contribution is 5.95. The van der Waals surface area contributed by atoms with Crippen molar-refractivity contribution in [3.63, 3.8) is 0 Å². The van der Waals surface area contributed by atoms with Gasteiger partial charge >= 0.3 is 11.9 Å². The summed E-state index contributed by atoms with van der Waals surface area (Å²) in [7, 11) is 0. The number of carbonyl (C=O) groups excluding carboxylic acids is 3. The molecule has 0 aliphatic carbocycles. The first-order chi connectivity index (χ1) is 14.8. The third kappa shape index (κ3) is 9.18. The Morgan fingerprint density at radius 3 is 1.56 bits per heavy atom. The number of amides is 3. The standard InChI is InChI=1S/C20H36N4O8/c1-6-9(3)14(18(29)23-15(20(31)32)10(4)7-2)22-19(30)16(11(5)25)24-17(28)12(21)8-13(26)27/h9-12,14-16,25H,6-8,21H2,1-5H3,(H,22,30)(H,23,29)(H,24,28)(H,26,27)(H,31,32). The Morgan fingerprint density at radius 2 is 1.16 bits per heavy atom. The number of aliphatic carboxylic acids is 2. The van der Waals surface area contributed by atoms with E-state index >= 15 is 0 Å². The summed E-state index contributed by atoms with van der Waals surface area (Å²) in [5.41, 5.74) is 5.48. The monoisotopic (exact) mass is 460 g/mol. The van der Waals surface area contributed by atoms with Crippen LogP contribution in [0.2, 0.25) is 0 Å². The van der Waals surface area contributed by atoms with Crippen LogP contribution in [0.15, 0.2) is 0 Å². The SMILES string of the molecule is CCC(C)C(NC(=O)C(NC(=O)C(NC(=O)C(N)CC(=O)O)C(C)O)C(C)CC)C(=O)O. The van der Waals surface area contributed by atoms with Gasteiger partial charge in [-0.1, -0.05) is 40.5 Å². The highest BCUT2D eigenvalue weighted by Gasteiger charge is 2.35. The molecule has 12 nitrogen and oxygen atoms in total. The minimum Gasteiger partial charge on any atom is -0.481 e. The van der Waals surface area contributed by atoms with E-state index in [1.54, 1.807) is 27.7 Å². The molecule has 0 aromatic heterocycles. The van der Waals surface area contributed by atoms with Crippen molar-refractivity contribution in [3.8, 4) is 0 Å². The number of nitrogens with one attached hydrogen (secondary N) is 3. The van der Waals surface area contributed by atoms with E-state index in [0.29, 0.717) is 12.8 Å². The van der Waals surface area contributed by atoms with Crippen molar-refractivity contribution in [2.24, 2.45) is 17.6 Å². The van der Waals surface area contributed by atoms with Crippen molar-refractivity contribution in [3.05, 3.63) is 0 Å². The second-order valence-corrected chi connectivity index (χ2v) is 8.01. The number of hydrogen-bond acceptors (Lipinski definition) is 7. The molecule has 0 saturated heterocycles. The van der Waals surface area contributed by atoms with Crippen molar-refractivity contribution < 1.29 is 39.3 Å². The zero-order chi connectivity index (χ0) is 25.2. The average Bonchev–Trinajstić information content (AvgIpc) is 2.71. The summed E-state index contributed by atoms with van der Waals surface area (Å²) < 4.78 is 0. The lowest BCUT2D eigenvalue weighted by molar-refractivity contribution is -0.144. The Hall–Kier alpha value is -2.73. The summed E-state index contributed by atoms with van der Waals surface area (Å²) in [6.07, 6.45) is -1.09. The van der Waals surface area contributed by atoms with Crippen molar-refractivity contribution in [2.75, 3.05) is 0 Å². The highest BCUT2D eigenvalue weighted by atomic mass is 16.4. The molecule has 0 aliphatic rings. The van der Waals surface area contributed by atoms with Crippen LogP contribution in [0.5, 0.6) is 0 Å². The number of carbonyl (C=O) groups is 5. The van der Waals surface area contributed by atoms with E-state index in [1.807, 2.05) is 0 Å². The summed E-state index contributed by atoms with van der Waals surface area (Å²) in [5.74, 6) is -5.84. The van der Waals surface area contributed by atoms with Crippen LogP contribution >= 0.6 is 0 Å². The lowest BCUT2D eigenvalue weighted by atomic mass is 9.95. The van der Waals surface area contributed by atoms with Gasteiger partial charge < -0.3 is 37.0 Å². The molecule has 12 heteroatoms. The first-order valence-electron chi connectivity index (χ1n) is 10.6. The molecule has 0 rings (SSSR count). The molecule has 0 fully saturated rings. The fraction of sp³-hybridized carbons (Fsp3) is 0.750. The van der Waals surface area contributed by atoms with Gasteiger partial charge in [-0.25, -0.2) is 4.79 Å². The highest BCUT2D eigenvalue weighted by Crippen LogP contribution is 2.12. The number of aliphatic hydroxyl groups excluding tert-OH is 1. The van der Waals surface area contributed by atoms with Gasteiger partial charge in [0.1, 0.15) is 18.1 Å². The topological polar surface area (TPSA) is 208 Å². The first-order valence-corrected chi connectivity index (χ1v) is 10.6. The van der Waals surface area contributed by atoms with Gasteiger partial charge in [0.2, 0.25) is 17.7 Å². The Labute approximate surface area is 187 Å². The molecule has 8 N–H and O–H groups in total. The molecule has 7 atom stereocenters. The second kappa shape index (κ2) is 13.6. The third-order valence-electron chi connectivity index (χ3n) is 5.36. The van der Waals surface area contributed by atoms with Gasteiger partial charge in [-0.2, -0.15) is 0 Å². The molecule has 0 aromatic rings. The Kier molecular flexibility index (Phi) is 12.5. The van der Waals surface area contributed by atoms with E-state index in [4.69, 9.17) is 10.8 Å². The van der Waals surface area contributed by atoms with Crippen LogP contribution in [-0.4, -0.2) is 75.3 Å². The summed E-state index contributed by atoms with van der Waals surface area (Å²) in [6, 6.07) is -5.24. The Balaban J connectivity index is 5.54. The zero-order valence-electron chi connectivity index (χ0n) is 19.1. The van der Waals surface area contributed by atoms with Crippen molar-refractivity contribution in [1.29, 1.82) is 0 Å². The van der Waals surface area contributed by atoms with Gasteiger partial charge in [-0.05, 0) is 18.8 Å². The van der Waals surface area contributed by atoms with Gasteiger partial charge in [-0.15, -0.1) is 0 Å². The first kappa shape index (κ1) is 29.3. The quantitative estimate of drug-likeness (QED) is 0.166. The summed E-state index contributed by atoms with van der Waals surface area (Å²) in [5, 5.41) is 35.2. The third-order valence-corrected chi connectivity index (χ3v) is 5.36. The number of rotatable bonds is 14. The van der Waals surface area contributed by atoms with Crippen LogP contribution in [0.25, 0.3) is 0 Å². The van der Waals surface area contributed by atoms with Crippen molar-refractivity contribution >= 4 is 29.7 Å². The predicted octanol–water partition coefficient (Wildman–Crippen LogP) is -1.20. The summed E-state index contributed by atoms with van der Waals surface area (Å²) >= 11 is 0. The Morgan fingerprint density at radius 1 is 0.750 bits per heavy atom. The summed E-state index contributed by atoms with van der Waals surface area (Å²) in [4.78, 5) is 60.0. The molecule has 0 aromatic carbocycles. The number of carboxylic acid groups (broad SMARTS) is 2. The molecule has 3 amide bonds. The molecule has 184 valence electrons. The number of carboxylic acids is 2. The van der Waals surface area contributed by atoms with Crippen LogP contribution in [0.3, 0.4) is 0 Å². The van der Waals surface area contributed by atoms with Crippen molar-refractivity contribution in [1.82, 2.24) is 16.0 Å². The molecule has 0 spiro atoms. The normalized spacial score (nSPS) is 17.6. The Bertz CT molecular complexity index is 685. The molecule has 0 radical (unpaired) electrons. The average molecular weight is 461 g/mol. The minimum atomic E-state index is -1.51. The van der Waals surface area contributed by atoms with E-state index < -0.39 is 72.3 Å². The molecular formula is C20H36N4O8. The van der Waals surface area contributed by atoms with E-state index in [-0.39, 0.29) is 5.92 Å². The number of nitrogens with two attached hydrogens (primary N) is 1. The molecule has 7 unspecified atom stereocenters. The maximum Gasteiger partial charge on any atom is 0.326 e. The molecule has 0 heterocycles. The molecule has 0 saturated carbocycles. The number of aliphatic hydroxyl groups is 1. The fourth-order valence-electron chi connectivity index (χ4n) is 2.82. The predicted molar refractivity (Wildman–Crippen MR) is 114 cm³/mol. The van der Waals surface area contributed by atoms with Gasteiger partial charge in [0.05, 0.1) is 18.6 Å². The molecular weight excluding hydrogens is 424 g/mol. The lowest BCUT2D eigenvalue weighted by Gasteiger charge is -2.29. The summed E-state index contributed by atoms with van der Waals surface area (Å²) in [6.45, 7) is 8.15. The van der Waals surface area contributed by atoms with Crippen LogP contribution in [0.1, 0.15) is 53.9 Å². The largest absolute Gasteiger partial charge is 0.481 e. The van der Waals surface area contributed by atoms with E-state index in [2.05, 4.69) is 16.0 Å². The van der Waals surface area contributed by atoms with Crippen LogP contribution < -0.4 is 21.7 Å². The van der Waals surface area contributed by atoms with Gasteiger partial charge in [0, 0.05) is 0 Å². The maximum atomic E-state index is 12.8. The molecule has 0 aliphatic heterocycles. The van der Waals surface area contributed by atoms with E-state index in [0.717, 1.165) is 0 Å². The maximum absolute atomic E-state index is 12.8. The van der Waals surface area contributed by atoms with E-state index in [1.165, 1.54) is 6.92 Å². The zero-order valence-corrected chi connectivity index (χ0v) is 19.1. The number of hydrogen-bond donors (Lipinski definition) is 7. The molecule has 32 heavy (non-hydrogen) atoms. The van der Waals surface area contributed by atoms with Gasteiger partial charge in [0.15, 0.2) is 0 Å². The van der Waals surface area contributed by atoms with Crippen LogP contribution in [-0.2, 0) is 24.0 Å². The lowest BCUT2D eigenvalue weighted by Crippen LogP contribution is -2.61. The molecule has 0 bridgehead atoms. The minimum absolute atomic E-state index is 0.357. The van der Waals surface area contributed by atoms with Crippen molar-refractivity contribution in [2.45, 2.75) is 84.2 Å². The van der Waals surface area contributed by atoms with Crippen LogP contribution in [0.4, 0.5) is 0 Å². The van der Waals surface area contributed by atoms with Crippen LogP contribution in [0, 0.1) is 11.8 Å². The second-order valence-electron chi connectivity index (χ2n) is 8.01. The fourth-order valence-corrected chi connectivity index (χ4v) is 2.82. The van der Waals surface area contributed by atoms with E-state index in [9.17, 15) is 34.2 Å². The van der Waals surface area contributed by atoms with Gasteiger partial charge in [0.25, 0.3) is 0 Å².